The molecule has 0 bridgehead atoms. The van der Waals surface area contributed by atoms with Crippen molar-refractivity contribution in [2.75, 3.05) is 34.4 Å². The normalized spacial score (nSPS) is 12.2. The van der Waals surface area contributed by atoms with Gasteiger partial charge in [-0.05, 0) is 19.1 Å². The summed E-state index contributed by atoms with van der Waals surface area (Å²) in [7, 11) is 5.46. The van der Waals surface area contributed by atoms with Crippen LogP contribution in [0.15, 0.2) is 40.7 Å². The van der Waals surface area contributed by atoms with E-state index in [2.05, 4.69) is 20.7 Å². The second-order valence-electron chi connectivity index (χ2n) is 5.55. The van der Waals surface area contributed by atoms with Crippen LogP contribution >= 0.6 is 35.3 Å². The zero-order valence-electron chi connectivity index (χ0n) is 15.6. The number of nitrogens with one attached hydrogen (secondary N) is 1. The Hall–Kier alpha value is -1.39. The van der Waals surface area contributed by atoms with Crippen molar-refractivity contribution in [2.24, 2.45) is 4.99 Å². The van der Waals surface area contributed by atoms with Gasteiger partial charge in [0.05, 0.1) is 18.8 Å². The van der Waals surface area contributed by atoms with Crippen molar-refractivity contribution in [3.05, 3.63) is 46.4 Å². The fourth-order valence-electron chi connectivity index (χ4n) is 2.23. The molecule has 1 unspecified atom stereocenters. The van der Waals surface area contributed by atoms with Crippen LogP contribution in [0, 0.1) is 0 Å². The Morgan fingerprint density at radius 3 is 2.73 bits per heavy atom. The maximum Gasteiger partial charge on any atom is 0.193 e. The number of hydrogen-bond acceptors (Lipinski definition) is 5. The average molecular weight is 490 g/mol. The third-order valence-electron chi connectivity index (χ3n) is 3.64. The van der Waals surface area contributed by atoms with Crippen molar-refractivity contribution in [1.29, 1.82) is 0 Å². The summed E-state index contributed by atoms with van der Waals surface area (Å²) < 4.78 is 11.0. The number of guanidine groups is 1. The average Bonchev–Trinajstić information content (AvgIpc) is 3.10. The molecular weight excluding hydrogens is 463 g/mol. The quantitative estimate of drug-likeness (QED) is 0.266. The maximum absolute atomic E-state index is 5.68. The van der Waals surface area contributed by atoms with Crippen molar-refractivity contribution >= 4 is 41.3 Å². The number of benzene rings is 1. The third-order valence-corrected chi connectivity index (χ3v) is 4.70. The minimum Gasteiger partial charge on any atom is -0.492 e. The minimum atomic E-state index is 0. The van der Waals surface area contributed by atoms with E-state index in [9.17, 15) is 0 Å². The third kappa shape index (κ3) is 7.08. The first-order chi connectivity index (χ1) is 12.1. The zero-order valence-corrected chi connectivity index (χ0v) is 18.8. The molecule has 1 heterocycles. The molecule has 0 spiro atoms. The van der Waals surface area contributed by atoms with Gasteiger partial charge in [-0.3, -0.25) is 4.99 Å². The lowest BCUT2D eigenvalue weighted by molar-refractivity contribution is 0.119. The Morgan fingerprint density at radius 2 is 2.08 bits per heavy atom. The molecule has 0 aliphatic carbocycles. The van der Waals surface area contributed by atoms with E-state index < -0.39 is 0 Å². The topological polar surface area (TPSA) is 59.0 Å². The molecule has 0 aliphatic rings. The van der Waals surface area contributed by atoms with Gasteiger partial charge >= 0.3 is 0 Å². The summed E-state index contributed by atoms with van der Waals surface area (Å²) in [6.07, 6.45) is 0.0247. The number of thiazole rings is 1. The molecule has 0 aliphatic heterocycles. The molecule has 144 valence electrons. The van der Waals surface area contributed by atoms with Crippen molar-refractivity contribution in [2.45, 2.75) is 19.6 Å². The molecule has 2 rings (SSSR count). The predicted molar refractivity (Wildman–Crippen MR) is 118 cm³/mol. The molecule has 0 saturated carbocycles. The number of halogens is 1. The van der Waals surface area contributed by atoms with E-state index in [1.807, 2.05) is 49.2 Å². The van der Waals surface area contributed by atoms with Gasteiger partial charge in [-0.1, -0.05) is 18.2 Å². The Kier molecular flexibility index (Phi) is 10.5. The van der Waals surface area contributed by atoms with E-state index >= 15 is 0 Å². The fraction of sp³-hybridized carbons (Fsp3) is 0.444. The van der Waals surface area contributed by atoms with Gasteiger partial charge in [0, 0.05) is 26.6 Å². The Bertz CT molecular complexity index is 666. The van der Waals surface area contributed by atoms with E-state index in [0.717, 1.165) is 22.4 Å². The van der Waals surface area contributed by atoms with Crippen LogP contribution in [-0.2, 0) is 11.3 Å². The van der Waals surface area contributed by atoms with Crippen LogP contribution in [0.1, 0.15) is 23.7 Å². The van der Waals surface area contributed by atoms with Crippen LogP contribution in [0.2, 0.25) is 0 Å². The molecule has 1 aromatic heterocycles. The highest BCUT2D eigenvalue weighted by molar-refractivity contribution is 14.0. The molecule has 8 heteroatoms. The standard InChI is InChI=1S/C18H26N4O2S.HI/c1-14(23-4)17-21-15(13-25-17)12-22(3)18(19-2)20-10-11-24-16-8-6-5-7-9-16;/h5-9,13-14H,10-12H2,1-4H3,(H,19,20);1H. The van der Waals surface area contributed by atoms with E-state index in [1.54, 1.807) is 25.5 Å². The molecule has 6 nitrogen and oxygen atoms in total. The largest absolute Gasteiger partial charge is 0.492 e. The van der Waals surface area contributed by atoms with Crippen molar-refractivity contribution in [1.82, 2.24) is 15.2 Å². The van der Waals surface area contributed by atoms with Crippen LogP contribution in [0.25, 0.3) is 0 Å². The van der Waals surface area contributed by atoms with Crippen LogP contribution in [0.4, 0.5) is 0 Å². The monoisotopic (exact) mass is 490 g/mol. The van der Waals surface area contributed by atoms with Crippen LogP contribution < -0.4 is 10.1 Å². The summed E-state index contributed by atoms with van der Waals surface area (Å²) in [4.78, 5) is 11.0. The molecule has 2 aromatic rings. The van der Waals surface area contributed by atoms with Crippen molar-refractivity contribution < 1.29 is 9.47 Å². The molecular formula is C18H27IN4O2S. The Morgan fingerprint density at radius 1 is 1.35 bits per heavy atom. The number of aliphatic imine (C=N–C) groups is 1. The summed E-state index contributed by atoms with van der Waals surface area (Å²) >= 11 is 1.62. The fourth-order valence-corrected chi connectivity index (χ4v) is 3.08. The van der Waals surface area contributed by atoms with Gasteiger partial charge in [-0.15, -0.1) is 35.3 Å². The second-order valence-corrected chi connectivity index (χ2v) is 6.44. The summed E-state index contributed by atoms with van der Waals surface area (Å²) in [6.45, 7) is 3.93. The first-order valence-electron chi connectivity index (χ1n) is 8.20. The molecule has 26 heavy (non-hydrogen) atoms. The number of methoxy groups -OCH3 is 1. The number of rotatable bonds is 8. The smallest absolute Gasteiger partial charge is 0.193 e. The van der Waals surface area contributed by atoms with Gasteiger partial charge in [0.25, 0.3) is 0 Å². The predicted octanol–water partition coefficient (Wildman–Crippen LogP) is 3.55. The van der Waals surface area contributed by atoms with Gasteiger partial charge in [0.15, 0.2) is 5.96 Å². The summed E-state index contributed by atoms with van der Waals surface area (Å²) in [5.74, 6) is 1.68. The zero-order chi connectivity index (χ0) is 18.1. The van der Waals surface area contributed by atoms with Gasteiger partial charge < -0.3 is 19.7 Å². The van der Waals surface area contributed by atoms with Crippen LogP contribution in [0.3, 0.4) is 0 Å². The Balaban J connectivity index is 0.00000338. The van der Waals surface area contributed by atoms with Crippen LogP contribution in [-0.4, -0.2) is 50.2 Å². The SMILES string of the molecule is CN=C(NCCOc1ccccc1)N(C)Cc1csc(C(C)OC)n1.I. The summed E-state index contributed by atoms with van der Waals surface area (Å²) in [5, 5.41) is 6.36. The maximum atomic E-state index is 5.68. The highest BCUT2D eigenvalue weighted by Gasteiger charge is 2.12. The van der Waals surface area contributed by atoms with E-state index in [4.69, 9.17) is 9.47 Å². The number of ether oxygens (including phenoxy) is 2. The first kappa shape index (κ1) is 22.7. The van der Waals surface area contributed by atoms with E-state index in [0.29, 0.717) is 19.7 Å². The molecule has 0 fully saturated rings. The number of aromatic nitrogens is 1. The number of para-hydroxylation sites is 1. The first-order valence-corrected chi connectivity index (χ1v) is 9.08. The van der Waals surface area contributed by atoms with Crippen LogP contribution in [0.5, 0.6) is 5.75 Å². The second kappa shape index (κ2) is 12.1. The molecule has 0 saturated heterocycles. The van der Waals surface area contributed by atoms with Gasteiger partial charge in [-0.25, -0.2) is 4.98 Å². The molecule has 1 aromatic carbocycles. The summed E-state index contributed by atoms with van der Waals surface area (Å²) in [6, 6.07) is 9.78. The lowest BCUT2D eigenvalue weighted by Gasteiger charge is -2.21. The Labute approximate surface area is 176 Å². The lowest BCUT2D eigenvalue weighted by atomic mass is 10.3. The van der Waals surface area contributed by atoms with Crippen molar-refractivity contribution in [3.8, 4) is 5.75 Å². The van der Waals surface area contributed by atoms with Gasteiger partial charge in [0.1, 0.15) is 23.5 Å². The minimum absolute atomic E-state index is 0. The van der Waals surface area contributed by atoms with E-state index in [1.165, 1.54) is 0 Å². The van der Waals surface area contributed by atoms with Gasteiger partial charge in [-0.2, -0.15) is 0 Å². The summed E-state index contributed by atoms with van der Waals surface area (Å²) in [5.41, 5.74) is 1.01. The highest BCUT2D eigenvalue weighted by atomic mass is 127. The molecule has 1 N–H and O–H groups in total. The highest BCUT2D eigenvalue weighted by Crippen LogP contribution is 2.20. The lowest BCUT2D eigenvalue weighted by Crippen LogP contribution is -2.40. The molecule has 0 amide bonds. The molecule has 1 atom stereocenters. The van der Waals surface area contributed by atoms with E-state index in [-0.39, 0.29) is 30.1 Å². The van der Waals surface area contributed by atoms with Crippen molar-refractivity contribution in [3.63, 3.8) is 0 Å². The van der Waals surface area contributed by atoms with Gasteiger partial charge in [0.2, 0.25) is 0 Å². The number of nitrogens with zero attached hydrogens (tertiary/aromatic N) is 3. The number of hydrogen-bond donors (Lipinski definition) is 1. The molecule has 0 radical (unpaired) electrons.